The van der Waals surface area contributed by atoms with Crippen LogP contribution in [0.2, 0.25) is 0 Å². The van der Waals surface area contributed by atoms with Gasteiger partial charge in [-0.05, 0) is 17.5 Å². The SMILES string of the molecule is CCCCCCCC[C]1C=Cc2ccccc21. The zero-order valence-corrected chi connectivity index (χ0v) is 10.9. The number of allylic oxidation sites excluding steroid dienone is 1. The summed E-state index contributed by atoms with van der Waals surface area (Å²) in [6.07, 6.45) is 14.1. The maximum atomic E-state index is 2.30. The maximum Gasteiger partial charge on any atom is 0.0273 e. The summed E-state index contributed by atoms with van der Waals surface area (Å²) < 4.78 is 0. The molecule has 0 spiro atoms. The van der Waals surface area contributed by atoms with Crippen molar-refractivity contribution in [3.63, 3.8) is 0 Å². The molecule has 0 saturated carbocycles. The van der Waals surface area contributed by atoms with Gasteiger partial charge in [0.15, 0.2) is 0 Å². The van der Waals surface area contributed by atoms with Crippen molar-refractivity contribution in [2.45, 2.75) is 51.9 Å². The van der Waals surface area contributed by atoms with Crippen LogP contribution in [0.1, 0.15) is 63.0 Å². The summed E-state index contributed by atoms with van der Waals surface area (Å²) in [6.45, 7) is 2.27. The Bertz CT molecular complexity index is 362. The second kappa shape index (κ2) is 6.64. The molecule has 1 aromatic carbocycles. The van der Waals surface area contributed by atoms with Gasteiger partial charge in [-0.3, -0.25) is 0 Å². The predicted molar refractivity (Wildman–Crippen MR) is 75.8 cm³/mol. The maximum absolute atomic E-state index is 2.30. The van der Waals surface area contributed by atoms with E-state index in [1.807, 2.05) is 0 Å². The Kier molecular flexibility index (Phi) is 4.85. The van der Waals surface area contributed by atoms with Crippen molar-refractivity contribution in [3.05, 3.63) is 47.4 Å². The fourth-order valence-corrected chi connectivity index (χ4v) is 2.53. The molecule has 1 aromatic rings. The molecule has 0 aromatic heterocycles. The van der Waals surface area contributed by atoms with Gasteiger partial charge in [0, 0.05) is 5.92 Å². The molecule has 0 N–H and O–H groups in total. The van der Waals surface area contributed by atoms with Gasteiger partial charge in [0.05, 0.1) is 0 Å². The van der Waals surface area contributed by atoms with E-state index in [2.05, 4.69) is 43.3 Å². The number of unbranched alkanes of at least 4 members (excludes halogenated alkanes) is 5. The van der Waals surface area contributed by atoms with E-state index in [0.29, 0.717) is 0 Å². The van der Waals surface area contributed by atoms with Crippen molar-refractivity contribution < 1.29 is 0 Å². The van der Waals surface area contributed by atoms with Gasteiger partial charge in [0.1, 0.15) is 0 Å². The first kappa shape index (κ1) is 12.4. The average molecular weight is 227 g/mol. The molecule has 0 heterocycles. The van der Waals surface area contributed by atoms with Gasteiger partial charge in [-0.15, -0.1) is 0 Å². The Balaban J connectivity index is 1.70. The molecule has 0 saturated heterocycles. The van der Waals surface area contributed by atoms with Crippen molar-refractivity contribution in [2.24, 2.45) is 0 Å². The lowest BCUT2D eigenvalue weighted by molar-refractivity contribution is 0.601. The van der Waals surface area contributed by atoms with Crippen LogP contribution in [0.4, 0.5) is 0 Å². The summed E-state index contributed by atoms with van der Waals surface area (Å²) in [5, 5.41) is 0. The average Bonchev–Trinajstić information content (AvgIpc) is 2.77. The molecule has 0 aliphatic heterocycles. The topological polar surface area (TPSA) is 0 Å². The van der Waals surface area contributed by atoms with Gasteiger partial charge in [-0.1, -0.05) is 81.9 Å². The van der Waals surface area contributed by atoms with Crippen molar-refractivity contribution in [1.82, 2.24) is 0 Å². The van der Waals surface area contributed by atoms with Crippen LogP contribution in [-0.2, 0) is 0 Å². The van der Waals surface area contributed by atoms with E-state index in [4.69, 9.17) is 0 Å². The molecule has 0 amide bonds. The van der Waals surface area contributed by atoms with Crippen molar-refractivity contribution >= 4 is 6.08 Å². The fraction of sp³-hybridized carbons (Fsp3) is 0.471. The van der Waals surface area contributed by atoms with Crippen LogP contribution in [0.15, 0.2) is 30.3 Å². The largest absolute Gasteiger partial charge is 0.0721 e. The minimum atomic E-state index is 1.25. The lowest BCUT2D eigenvalue weighted by Crippen LogP contribution is -1.94. The third kappa shape index (κ3) is 3.46. The van der Waals surface area contributed by atoms with Gasteiger partial charge in [-0.25, -0.2) is 0 Å². The Morgan fingerprint density at radius 1 is 0.824 bits per heavy atom. The highest BCUT2D eigenvalue weighted by Crippen LogP contribution is 2.32. The number of hydrogen-bond donors (Lipinski definition) is 0. The van der Waals surface area contributed by atoms with Gasteiger partial charge in [-0.2, -0.15) is 0 Å². The minimum Gasteiger partial charge on any atom is -0.0721 e. The van der Waals surface area contributed by atoms with E-state index in [1.54, 1.807) is 0 Å². The third-order valence-electron chi connectivity index (χ3n) is 3.57. The van der Waals surface area contributed by atoms with E-state index < -0.39 is 0 Å². The monoisotopic (exact) mass is 227 g/mol. The molecular weight excluding hydrogens is 204 g/mol. The molecule has 2 rings (SSSR count). The predicted octanol–water partition coefficient (Wildman–Crippen LogP) is 5.39. The van der Waals surface area contributed by atoms with Crippen LogP contribution in [0.5, 0.6) is 0 Å². The van der Waals surface area contributed by atoms with Gasteiger partial charge >= 0.3 is 0 Å². The van der Waals surface area contributed by atoms with Crippen molar-refractivity contribution in [1.29, 1.82) is 0 Å². The Hall–Kier alpha value is -1.04. The zero-order chi connectivity index (χ0) is 11.9. The van der Waals surface area contributed by atoms with Crippen LogP contribution in [0.3, 0.4) is 0 Å². The Morgan fingerprint density at radius 3 is 2.47 bits per heavy atom. The van der Waals surface area contributed by atoms with Crippen molar-refractivity contribution in [3.8, 4) is 0 Å². The molecular formula is C17H23. The summed E-state index contributed by atoms with van der Waals surface area (Å²) >= 11 is 0. The summed E-state index contributed by atoms with van der Waals surface area (Å²) in [6, 6.07) is 8.73. The van der Waals surface area contributed by atoms with Crippen LogP contribution in [0.25, 0.3) is 6.08 Å². The molecule has 17 heavy (non-hydrogen) atoms. The first-order chi connectivity index (χ1) is 8.42. The van der Waals surface area contributed by atoms with E-state index in [0.717, 1.165) is 0 Å². The van der Waals surface area contributed by atoms with Crippen LogP contribution < -0.4 is 0 Å². The van der Waals surface area contributed by atoms with Gasteiger partial charge in [0.2, 0.25) is 0 Å². The number of benzene rings is 1. The number of rotatable bonds is 7. The summed E-state index contributed by atoms with van der Waals surface area (Å²) in [7, 11) is 0. The fourth-order valence-electron chi connectivity index (χ4n) is 2.53. The highest BCUT2D eigenvalue weighted by Gasteiger charge is 2.16. The molecule has 1 aliphatic rings. The quantitative estimate of drug-likeness (QED) is 0.548. The molecule has 1 aliphatic carbocycles. The highest BCUT2D eigenvalue weighted by molar-refractivity contribution is 5.68. The summed E-state index contributed by atoms with van der Waals surface area (Å²) in [5.74, 6) is 1.54. The molecule has 0 unspecified atom stereocenters. The highest BCUT2D eigenvalue weighted by atomic mass is 14.2. The summed E-state index contributed by atoms with van der Waals surface area (Å²) in [5.41, 5.74) is 2.86. The van der Waals surface area contributed by atoms with E-state index >= 15 is 0 Å². The molecule has 0 atom stereocenters. The van der Waals surface area contributed by atoms with Crippen LogP contribution >= 0.6 is 0 Å². The second-order valence-corrected chi connectivity index (χ2v) is 4.96. The molecule has 0 nitrogen and oxygen atoms in total. The van der Waals surface area contributed by atoms with E-state index in [1.165, 1.54) is 62.0 Å². The molecule has 0 bridgehead atoms. The normalized spacial score (nSPS) is 14.2. The molecule has 0 heteroatoms. The number of fused-ring (bicyclic) bond motifs is 1. The second-order valence-electron chi connectivity index (χ2n) is 4.96. The van der Waals surface area contributed by atoms with E-state index in [-0.39, 0.29) is 0 Å². The summed E-state index contributed by atoms with van der Waals surface area (Å²) in [4.78, 5) is 0. The number of hydrogen-bond acceptors (Lipinski definition) is 0. The standard InChI is InChI=1S/C17H23/c1-2-3-4-5-6-7-10-15-13-14-16-11-8-9-12-17(15)16/h8-9,11-14H,2-7,10H2,1H3. The minimum absolute atomic E-state index is 1.25. The Morgan fingerprint density at radius 2 is 1.59 bits per heavy atom. The van der Waals surface area contributed by atoms with Gasteiger partial charge in [0.25, 0.3) is 0 Å². The lowest BCUT2D eigenvalue weighted by atomic mass is 9.95. The molecule has 1 radical (unpaired) electrons. The van der Waals surface area contributed by atoms with Crippen LogP contribution in [0, 0.1) is 5.92 Å². The van der Waals surface area contributed by atoms with Crippen molar-refractivity contribution in [2.75, 3.05) is 0 Å². The van der Waals surface area contributed by atoms with E-state index in [9.17, 15) is 0 Å². The molecule has 0 fully saturated rings. The third-order valence-corrected chi connectivity index (χ3v) is 3.57. The van der Waals surface area contributed by atoms with Gasteiger partial charge < -0.3 is 0 Å². The zero-order valence-electron chi connectivity index (χ0n) is 10.9. The Labute approximate surface area is 106 Å². The lowest BCUT2D eigenvalue weighted by Gasteiger charge is -2.09. The smallest absolute Gasteiger partial charge is 0.0273 e. The molecule has 91 valence electrons. The first-order valence-corrected chi connectivity index (χ1v) is 7.05. The first-order valence-electron chi connectivity index (χ1n) is 7.05. The van der Waals surface area contributed by atoms with Crippen LogP contribution in [-0.4, -0.2) is 0 Å².